The van der Waals surface area contributed by atoms with Crippen LogP contribution in [0.4, 0.5) is 0 Å². The van der Waals surface area contributed by atoms with Crippen molar-refractivity contribution in [2.75, 3.05) is 7.11 Å². The van der Waals surface area contributed by atoms with Crippen LogP contribution in [0.3, 0.4) is 0 Å². The van der Waals surface area contributed by atoms with Crippen LogP contribution >= 0.6 is 0 Å². The van der Waals surface area contributed by atoms with Gasteiger partial charge in [0, 0.05) is 17.0 Å². The van der Waals surface area contributed by atoms with E-state index in [1.54, 1.807) is 18.3 Å². The largest absolute Gasteiger partial charge is 0.465 e. The summed E-state index contributed by atoms with van der Waals surface area (Å²) in [6, 6.07) is 9.18. The lowest BCUT2D eigenvalue weighted by atomic mass is 9.63. The summed E-state index contributed by atoms with van der Waals surface area (Å²) in [4.78, 5) is 38.6. The minimum Gasteiger partial charge on any atom is -0.465 e. The van der Waals surface area contributed by atoms with Crippen molar-refractivity contribution < 1.29 is 19.1 Å². The number of esters is 1. The van der Waals surface area contributed by atoms with E-state index in [0.29, 0.717) is 23.1 Å². The molecule has 0 spiro atoms. The van der Waals surface area contributed by atoms with Gasteiger partial charge in [0.1, 0.15) is 0 Å². The Kier molecular flexibility index (Phi) is 4.28. The number of carbonyl (C=O) groups is 3. The lowest BCUT2D eigenvalue weighted by Crippen LogP contribution is -2.40. The van der Waals surface area contributed by atoms with Crippen molar-refractivity contribution in [3.8, 4) is 5.69 Å². The van der Waals surface area contributed by atoms with Crippen LogP contribution < -0.4 is 0 Å². The number of imide groups is 1. The summed E-state index contributed by atoms with van der Waals surface area (Å²) in [7, 11) is 1.36. The third-order valence-corrected chi connectivity index (χ3v) is 7.97. The number of amides is 2. The molecule has 7 nitrogen and oxygen atoms in total. The van der Waals surface area contributed by atoms with Crippen LogP contribution in [0.25, 0.3) is 5.69 Å². The first kappa shape index (κ1) is 20.1. The number of aromatic nitrogens is 1. The highest BCUT2D eigenvalue weighted by molar-refractivity contribution is 6.06. The molecule has 3 fully saturated rings. The fourth-order valence-corrected chi connectivity index (χ4v) is 6.42. The van der Waals surface area contributed by atoms with Gasteiger partial charge in [-0.3, -0.25) is 9.59 Å². The third-order valence-electron chi connectivity index (χ3n) is 7.97. The van der Waals surface area contributed by atoms with Gasteiger partial charge in [-0.1, -0.05) is 24.3 Å². The smallest absolute Gasteiger partial charge is 0.339 e. The Bertz CT molecular complexity index is 1240. The van der Waals surface area contributed by atoms with Crippen molar-refractivity contribution in [2.45, 2.75) is 20.3 Å². The number of benzene rings is 1. The number of nitrogens with zero attached hydrogens (tertiary/aromatic N) is 3. The molecule has 0 unspecified atom stereocenters. The molecule has 2 aromatic rings. The predicted molar refractivity (Wildman–Crippen MR) is 121 cm³/mol. The number of ether oxygens (including phenoxy) is 1. The molecule has 1 aromatic heterocycles. The average Bonchev–Trinajstić information content (AvgIpc) is 3.55. The van der Waals surface area contributed by atoms with E-state index < -0.39 is 5.97 Å². The van der Waals surface area contributed by atoms with Gasteiger partial charge in [0.2, 0.25) is 0 Å². The maximum atomic E-state index is 13.2. The second-order valence-corrected chi connectivity index (χ2v) is 9.56. The van der Waals surface area contributed by atoms with Crippen molar-refractivity contribution in [2.24, 2.45) is 40.6 Å². The molecule has 1 aromatic carbocycles. The molecule has 33 heavy (non-hydrogen) atoms. The third kappa shape index (κ3) is 2.74. The van der Waals surface area contributed by atoms with E-state index in [4.69, 9.17) is 4.74 Å². The predicted octanol–water partition coefficient (Wildman–Crippen LogP) is 3.27. The van der Waals surface area contributed by atoms with E-state index in [2.05, 4.69) is 17.3 Å². The number of methoxy groups -OCH3 is 1. The lowest BCUT2D eigenvalue weighted by Gasteiger charge is -2.37. The van der Waals surface area contributed by atoms with Crippen molar-refractivity contribution in [1.82, 2.24) is 9.58 Å². The number of carbonyl (C=O) groups excluding carboxylic acids is 3. The Morgan fingerprint density at radius 1 is 1.06 bits per heavy atom. The highest BCUT2D eigenvalue weighted by Crippen LogP contribution is 2.65. The first-order valence-electron chi connectivity index (χ1n) is 11.4. The van der Waals surface area contributed by atoms with E-state index in [0.717, 1.165) is 28.4 Å². The van der Waals surface area contributed by atoms with Gasteiger partial charge >= 0.3 is 5.97 Å². The number of allylic oxidation sites excluding steroid dienone is 2. The molecule has 1 aliphatic heterocycles. The molecule has 2 amide bonds. The second-order valence-electron chi connectivity index (χ2n) is 9.56. The molecule has 1 saturated heterocycles. The van der Waals surface area contributed by atoms with E-state index in [9.17, 15) is 14.4 Å². The molecule has 2 heterocycles. The van der Waals surface area contributed by atoms with Crippen molar-refractivity contribution >= 4 is 24.0 Å². The minimum absolute atomic E-state index is 0.171. The maximum absolute atomic E-state index is 13.2. The number of aryl methyl sites for hydroxylation is 1. The van der Waals surface area contributed by atoms with Crippen molar-refractivity contribution in [3.63, 3.8) is 0 Å². The van der Waals surface area contributed by atoms with Crippen molar-refractivity contribution in [1.29, 1.82) is 0 Å². The zero-order chi connectivity index (χ0) is 23.0. The molecule has 168 valence electrons. The molecule has 6 atom stereocenters. The summed E-state index contributed by atoms with van der Waals surface area (Å²) in [5.74, 6) is 0.229. The van der Waals surface area contributed by atoms with Crippen LogP contribution in [-0.2, 0) is 14.3 Å². The van der Waals surface area contributed by atoms with E-state index in [1.165, 1.54) is 7.11 Å². The monoisotopic (exact) mass is 443 g/mol. The Hall–Kier alpha value is -3.48. The van der Waals surface area contributed by atoms with Gasteiger partial charge in [-0.05, 0) is 62.1 Å². The summed E-state index contributed by atoms with van der Waals surface area (Å²) >= 11 is 0. The Morgan fingerprint density at radius 3 is 2.33 bits per heavy atom. The van der Waals surface area contributed by atoms with Crippen LogP contribution in [0.1, 0.15) is 33.7 Å². The van der Waals surface area contributed by atoms with E-state index in [-0.39, 0.29) is 35.5 Å². The molecule has 4 aliphatic carbocycles. The Labute approximate surface area is 191 Å². The number of hydrazone groups is 1. The van der Waals surface area contributed by atoms with Gasteiger partial charge in [0.05, 0.1) is 36.4 Å². The van der Waals surface area contributed by atoms with Gasteiger partial charge in [0.25, 0.3) is 11.8 Å². The maximum Gasteiger partial charge on any atom is 0.339 e. The van der Waals surface area contributed by atoms with Gasteiger partial charge in [-0.2, -0.15) is 10.1 Å². The zero-order valence-electron chi connectivity index (χ0n) is 18.8. The number of hydrogen-bond donors (Lipinski definition) is 0. The minimum atomic E-state index is -0.412. The first-order valence-corrected chi connectivity index (χ1v) is 11.4. The average molecular weight is 444 g/mol. The molecule has 2 bridgehead atoms. The lowest BCUT2D eigenvalue weighted by molar-refractivity contribution is -0.140. The number of para-hydroxylation sites is 1. The fourth-order valence-electron chi connectivity index (χ4n) is 6.42. The van der Waals surface area contributed by atoms with Crippen molar-refractivity contribution in [3.05, 3.63) is 65.0 Å². The summed E-state index contributed by atoms with van der Waals surface area (Å²) in [6.45, 7) is 3.86. The van der Waals surface area contributed by atoms with Gasteiger partial charge < -0.3 is 9.30 Å². The summed E-state index contributed by atoms with van der Waals surface area (Å²) in [5.41, 5.74) is 3.71. The van der Waals surface area contributed by atoms with E-state index >= 15 is 0 Å². The van der Waals surface area contributed by atoms with Gasteiger partial charge in [-0.15, -0.1) is 0 Å². The topological polar surface area (TPSA) is 81.0 Å². The zero-order valence-corrected chi connectivity index (χ0v) is 18.8. The van der Waals surface area contributed by atoms with Crippen LogP contribution in [0.15, 0.2) is 47.6 Å². The number of rotatable bonds is 4. The molecule has 0 radical (unpaired) electrons. The Morgan fingerprint density at radius 2 is 1.70 bits per heavy atom. The van der Waals surface area contributed by atoms with Crippen LogP contribution in [0.2, 0.25) is 0 Å². The SMILES string of the molecule is COC(=O)c1ccccc1-n1c(C)cc(/C=N\N2C(=O)[C@@H]3[C@H]4C=C[C@@H]([C@@H]5C[C@H]45)[C@@H]3C2=O)c1C. The molecule has 7 rings (SSSR count). The summed E-state index contributed by atoms with van der Waals surface area (Å²) in [5, 5.41) is 5.47. The highest BCUT2D eigenvalue weighted by atomic mass is 16.5. The molecule has 5 aliphatic rings. The molecule has 7 heteroatoms. The first-order chi connectivity index (χ1) is 15.9. The normalized spacial score (nSPS) is 31.3. The molecular weight excluding hydrogens is 418 g/mol. The molecular formula is C26H25N3O4. The second kappa shape index (κ2) is 7.01. The van der Waals surface area contributed by atoms with Crippen LogP contribution in [0.5, 0.6) is 0 Å². The van der Waals surface area contributed by atoms with Gasteiger partial charge in [-0.25, -0.2) is 4.79 Å². The molecule has 2 saturated carbocycles. The summed E-state index contributed by atoms with van der Waals surface area (Å²) in [6.07, 6.45) is 7.04. The fraction of sp³-hybridized carbons (Fsp3) is 0.385. The van der Waals surface area contributed by atoms with E-state index in [1.807, 2.05) is 36.6 Å². The highest BCUT2D eigenvalue weighted by Gasteiger charge is 2.67. The number of hydrogen-bond acceptors (Lipinski definition) is 5. The molecule has 0 N–H and O–H groups in total. The summed E-state index contributed by atoms with van der Waals surface area (Å²) < 4.78 is 6.89. The van der Waals surface area contributed by atoms with Gasteiger partial charge in [0.15, 0.2) is 0 Å². The quantitative estimate of drug-likeness (QED) is 0.314. The van der Waals surface area contributed by atoms with Crippen LogP contribution in [-0.4, -0.2) is 40.7 Å². The van der Waals surface area contributed by atoms with Crippen LogP contribution in [0, 0.1) is 49.4 Å². The Balaban J connectivity index is 1.32. The standard InChI is InChI=1S/C26H25N3O4/c1-13-10-15(14(2)28(13)21-7-5-4-6-18(21)26(32)33-3)12-27-29-24(30)22-16-8-9-17(20-11-19(16)20)23(22)25(29)31/h4-10,12,16-17,19-20,22-23H,11H2,1-3H3/b27-12-/t16-,17-,19-,20+,22-,23+/m0/s1.